The van der Waals surface area contributed by atoms with Gasteiger partial charge in [-0.2, -0.15) is 0 Å². The molecule has 0 aromatic heterocycles. The topological polar surface area (TPSA) is 206 Å². The number of ether oxygens (including phenoxy) is 4. The van der Waals surface area contributed by atoms with Crippen molar-refractivity contribution in [3.8, 4) is 0 Å². The Hall–Kier alpha value is -2.32. The number of rotatable bonds is 7. The van der Waals surface area contributed by atoms with E-state index in [9.17, 15) is 44.7 Å². The maximum Gasteiger partial charge on any atom is 0.311 e. The molecule has 16 aliphatic carbocycles. The Balaban J connectivity index is 0.000000116. The highest BCUT2D eigenvalue weighted by atomic mass is 16.6. The molecule has 16 saturated carbocycles. The van der Waals surface area contributed by atoms with Crippen molar-refractivity contribution < 1.29 is 63.7 Å². The lowest BCUT2D eigenvalue weighted by Crippen LogP contribution is -2.67. The molecule has 8 atom stereocenters. The molecule has 0 radical (unpaired) electrons. The highest BCUT2D eigenvalue weighted by Gasteiger charge is 2.66. The summed E-state index contributed by atoms with van der Waals surface area (Å²) in [6.07, 6.45) is 20.8. The van der Waals surface area contributed by atoms with Crippen molar-refractivity contribution in [2.45, 2.75) is 267 Å². The van der Waals surface area contributed by atoms with Gasteiger partial charge >= 0.3 is 23.9 Å². The zero-order chi connectivity index (χ0) is 50.9. The highest BCUT2D eigenvalue weighted by molar-refractivity contribution is 5.76. The van der Waals surface area contributed by atoms with Gasteiger partial charge in [-0.25, -0.2) is 0 Å². The minimum atomic E-state index is -0.841. The summed E-state index contributed by atoms with van der Waals surface area (Å²) in [5, 5.41) is 52.8. The van der Waals surface area contributed by atoms with E-state index in [0.29, 0.717) is 74.0 Å². The first-order chi connectivity index (χ1) is 32.2. The molecule has 0 spiro atoms. The van der Waals surface area contributed by atoms with Crippen molar-refractivity contribution in [1.29, 1.82) is 0 Å². The maximum atomic E-state index is 12.2. The molecule has 8 unspecified atom stereocenters. The average molecular weight is 983 g/mol. The summed E-state index contributed by atoms with van der Waals surface area (Å²) in [6, 6.07) is 0. The molecular formula is C57H90O13. The van der Waals surface area contributed by atoms with Crippen molar-refractivity contribution in [3.05, 3.63) is 0 Å². The zero-order valence-electron chi connectivity index (χ0n) is 44.2. The predicted molar refractivity (Wildman–Crippen MR) is 259 cm³/mol. The second-order valence-electron chi connectivity index (χ2n) is 29.1. The van der Waals surface area contributed by atoms with E-state index in [-0.39, 0.29) is 64.4 Å². The third-order valence-corrected chi connectivity index (χ3v) is 19.2. The summed E-state index contributed by atoms with van der Waals surface area (Å²) in [7, 11) is 0. The van der Waals surface area contributed by atoms with E-state index in [4.69, 9.17) is 18.9 Å². The van der Waals surface area contributed by atoms with Crippen LogP contribution in [0.1, 0.15) is 216 Å². The van der Waals surface area contributed by atoms with Crippen LogP contribution >= 0.6 is 0 Å². The molecule has 16 fully saturated rings. The van der Waals surface area contributed by atoms with Gasteiger partial charge in [-0.05, 0) is 178 Å². The van der Waals surface area contributed by atoms with Gasteiger partial charge in [0.1, 0.15) is 22.4 Å². The van der Waals surface area contributed by atoms with Gasteiger partial charge in [-0.15, -0.1) is 0 Å². The van der Waals surface area contributed by atoms with Crippen molar-refractivity contribution in [3.63, 3.8) is 0 Å². The predicted octanol–water partition coefficient (Wildman–Crippen LogP) is 8.58. The van der Waals surface area contributed by atoms with Crippen molar-refractivity contribution in [2.24, 2.45) is 64.6 Å². The smallest absolute Gasteiger partial charge is 0.311 e. The minimum absolute atomic E-state index is 0.0716. The van der Waals surface area contributed by atoms with Crippen molar-refractivity contribution in [1.82, 2.24) is 0 Å². The molecule has 0 heterocycles. The molecule has 0 amide bonds. The fourth-order valence-electron chi connectivity index (χ4n) is 18.5. The summed E-state index contributed by atoms with van der Waals surface area (Å²) in [5.74, 6) is 2.95. The fraction of sp³-hybridized carbons (Fsp3) is 0.930. The number of aliphatic hydroxyl groups is 5. The van der Waals surface area contributed by atoms with Crippen LogP contribution in [0.2, 0.25) is 0 Å². The Morgan fingerprint density at radius 2 is 0.600 bits per heavy atom. The van der Waals surface area contributed by atoms with Gasteiger partial charge in [0.25, 0.3) is 0 Å². The lowest BCUT2D eigenvalue weighted by molar-refractivity contribution is -0.264. The Labute approximate surface area is 417 Å². The average Bonchev–Trinajstić information content (AvgIpc) is 3.13. The third-order valence-electron chi connectivity index (χ3n) is 19.2. The molecular weight excluding hydrogens is 893 g/mol. The number of hydrogen-bond acceptors (Lipinski definition) is 13. The van der Waals surface area contributed by atoms with E-state index >= 15 is 0 Å². The minimum Gasteiger partial charge on any atom is -0.459 e. The van der Waals surface area contributed by atoms with Gasteiger partial charge in [0, 0.05) is 38.5 Å². The number of carbonyl (C=O) groups is 4. The Morgan fingerprint density at radius 1 is 0.357 bits per heavy atom. The quantitative estimate of drug-likeness (QED) is 0.120. The number of hydrogen-bond donors (Lipinski definition) is 5. The molecule has 70 heavy (non-hydrogen) atoms. The Kier molecular flexibility index (Phi) is 13.2. The molecule has 396 valence electrons. The van der Waals surface area contributed by atoms with Crippen molar-refractivity contribution in [2.75, 3.05) is 0 Å². The van der Waals surface area contributed by atoms with Crippen LogP contribution < -0.4 is 0 Å². The molecule has 0 aromatic carbocycles. The second kappa shape index (κ2) is 17.6. The monoisotopic (exact) mass is 983 g/mol. The number of esters is 4. The van der Waals surface area contributed by atoms with Gasteiger partial charge in [-0.3, -0.25) is 19.2 Å². The summed E-state index contributed by atoms with van der Waals surface area (Å²) < 4.78 is 23.1. The molecule has 16 aliphatic rings. The van der Waals surface area contributed by atoms with Gasteiger partial charge in [0.15, 0.2) is 0 Å². The summed E-state index contributed by atoms with van der Waals surface area (Å²) in [6.45, 7) is 16.7. The molecule has 16 bridgehead atoms. The molecule has 13 nitrogen and oxygen atoms in total. The molecule has 0 aliphatic heterocycles. The summed E-state index contributed by atoms with van der Waals surface area (Å²) >= 11 is 0. The molecule has 13 heteroatoms. The lowest BCUT2D eigenvalue weighted by atomic mass is 9.50. The van der Waals surface area contributed by atoms with Crippen LogP contribution in [0.15, 0.2) is 0 Å². The first-order valence-electron chi connectivity index (χ1n) is 27.8. The van der Waals surface area contributed by atoms with Crippen LogP contribution in [-0.4, -0.2) is 99.8 Å². The van der Waals surface area contributed by atoms with E-state index in [1.54, 1.807) is 0 Å². The molecule has 5 N–H and O–H groups in total. The normalized spacial score (nSPS) is 47.8. The molecule has 16 rings (SSSR count). The maximum absolute atomic E-state index is 12.2. The third kappa shape index (κ3) is 10.9. The van der Waals surface area contributed by atoms with E-state index in [0.717, 1.165) is 96.3 Å². The Morgan fingerprint density at radius 3 is 0.829 bits per heavy atom. The second-order valence-corrected chi connectivity index (χ2v) is 29.1. The van der Waals surface area contributed by atoms with Crippen LogP contribution in [0.25, 0.3) is 0 Å². The van der Waals surface area contributed by atoms with Gasteiger partial charge in [0.2, 0.25) is 0 Å². The standard InChI is InChI=1S/C15H24O4.3C14H22O3/c1-12(2,3)11(16)19-15-6-10-4-13(17,8-15)7-14(18,5-10)9-15;3*1-9(2)12(15)17-14-6-10-3-11(7-14)5-13(16,4-10)8-14/h10,17-18H,4-9H2,1-3H3;3*9-11,16H,3-8H2,1-2H3. The highest BCUT2D eigenvalue weighted by Crippen LogP contribution is 2.63. The van der Waals surface area contributed by atoms with Crippen LogP contribution in [-0.2, 0) is 38.1 Å². The van der Waals surface area contributed by atoms with Crippen molar-refractivity contribution >= 4 is 23.9 Å². The summed E-state index contributed by atoms with van der Waals surface area (Å²) in [5.41, 5.74) is -5.49. The molecule has 0 aromatic rings. The first kappa shape index (κ1) is 52.5. The van der Waals surface area contributed by atoms with Crippen LogP contribution in [0.3, 0.4) is 0 Å². The zero-order valence-corrected chi connectivity index (χ0v) is 44.2. The van der Waals surface area contributed by atoms with E-state index in [1.807, 2.05) is 62.3 Å². The van der Waals surface area contributed by atoms with E-state index in [1.165, 1.54) is 19.3 Å². The largest absolute Gasteiger partial charge is 0.459 e. The lowest BCUT2D eigenvalue weighted by Gasteiger charge is -2.62. The van der Waals surface area contributed by atoms with Crippen LogP contribution in [0.5, 0.6) is 0 Å². The van der Waals surface area contributed by atoms with E-state index < -0.39 is 39.0 Å². The van der Waals surface area contributed by atoms with Gasteiger partial charge in [0.05, 0.1) is 51.2 Å². The molecule has 0 saturated heterocycles. The summed E-state index contributed by atoms with van der Waals surface area (Å²) in [4.78, 5) is 47.7. The SMILES string of the molecule is CC(C)(C)C(=O)OC12CC3CC(O)(CC(O)(C3)C1)C2.CC(C)C(=O)OC12CC3CC(CC(O)(C3)C1)C2.CC(C)C(=O)OC12CC3CC(CC(O)(C3)C1)C2.CC(C)C(=O)OC12CC3CC(CC(O)(C3)C1)C2. The van der Waals surface area contributed by atoms with Gasteiger partial charge < -0.3 is 44.5 Å². The Bertz CT molecular complexity index is 1810. The van der Waals surface area contributed by atoms with Crippen LogP contribution in [0, 0.1) is 64.6 Å². The van der Waals surface area contributed by atoms with Gasteiger partial charge in [-0.1, -0.05) is 41.5 Å². The first-order valence-corrected chi connectivity index (χ1v) is 27.8. The number of carbonyl (C=O) groups excluding carboxylic acids is 4. The fourth-order valence-corrected chi connectivity index (χ4v) is 18.5. The van der Waals surface area contributed by atoms with Crippen LogP contribution in [0.4, 0.5) is 0 Å². The van der Waals surface area contributed by atoms with E-state index in [2.05, 4.69) is 0 Å².